The van der Waals surface area contributed by atoms with Crippen LogP contribution in [0.3, 0.4) is 0 Å². The Kier molecular flexibility index (Phi) is 9.28. The number of methoxy groups -OCH3 is 1. The Hall–Kier alpha value is -3.82. The van der Waals surface area contributed by atoms with Gasteiger partial charge in [-0.2, -0.15) is 0 Å². The van der Waals surface area contributed by atoms with Crippen molar-refractivity contribution in [1.82, 2.24) is 10.3 Å². The van der Waals surface area contributed by atoms with Crippen molar-refractivity contribution in [2.75, 3.05) is 13.9 Å². The van der Waals surface area contributed by atoms with E-state index >= 15 is 0 Å². The Morgan fingerprint density at radius 2 is 1.89 bits per heavy atom. The van der Waals surface area contributed by atoms with Gasteiger partial charge in [0.15, 0.2) is 17.2 Å². The number of carbonyl (C=O) groups is 3. The van der Waals surface area contributed by atoms with Crippen LogP contribution >= 0.6 is 0 Å². The third-order valence-corrected chi connectivity index (χ3v) is 5.45. The summed E-state index contributed by atoms with van der Waals surface area (Å²) in [5.41, 5.74) is -0.109. The van der Waals surface area contributed by atoms with Crippen molar-refractivity contribution in [3.8, 4) is 17.2 Å². The minimum absolute atomic E-state index is 0.00474. The molecular weight excluding hydrogens is 456 g/mol. The molecule has 1 aliphatic rings. The van der Waals surface area contributed by atoms with Crippen LogP contribution in [0.5, 0.6) is 17.2 Å². The second-order valence-corrected chi connectivity index (χ2v) is 8.01. The van der Waals surface area contributed by atoms with E-state index in [4.69, 9.17) is 23.7 Å². The lowest BCUT2D eigenvalue weighted by molar-refractivity contribution is -0.155. The Bertz CT molecular complexity index is 1010. The maximum Gasteiger partial charge on any atom is 0.329 e. The fourth-order valence-electron chi connectivity index (χ4n) is 3.64. The molecule has 0 aliphatic carbocycles. The number of para-hydroxylation sites is 1. The van der Waals surface area contributed by atoms with Gasteiger partial charge in [-0.25, -0.2) is 9.78 Å². The van der Waals surface area contributed by atoms with Crippen LogP contribution < -0.4 is 19.5 Å². The van der Waals surface area contributed by atoms with Gasteiger partial charge in [-0.15, -0.1) is 0 Å². The van der Waals surface area contributed by atoms with Gasteiger partial charge in [0.1, 0.15) is 24.0 Å². The van der Waals surface area contributed by atoms with E-state index in [0.29, 0.717) is 25.0 Å². The van der Waals surface area contributed by atoms with Crippen LogP contribution in [0.1, 0.15) is 50.0 Å². The molecular formula is C25H30N2O8. The van der Waals surface area contributed by atoms with Gasteiger partial charge in [0.2, 0.25) is 6.79 Å². The van der Waals surface area contributed by atoms with E-state index in [1.54, 1.807) is 6.92 Å². The summed E-state index contributed by atoms with van der Waals surface area (Å²) in [4.78, 5) is 41.1. The quantitative estimate of drug-likeness (QED) is 0.443. The van der Waals surface area contributed by atoms with E-state index in [2.05, 4.69) is 10.3 Å². The summed E-state index contributed by atoms with van der Waals surface area (Å²) in [5.74, 6) is -0.822. The summed E-state index contributed by atoms with van der Waals surface area (Å²) in [5, 5.41) is 2.70. The molecule has 1 N–H and O–H groups in total. The van der Waals surface area contributed by atoms with Crippen LogP contribution in [0.15, 0.2) is 42.6 Å². The van der Waals surface area contributed by atoms with Gasteiger partial charge in [-0.1, -0.05) is 24.6 Å². The average Bonchev–Trinajstić information content (AvgIpc) is 2.90. The Balaban J connectivity index is 1.70. The Morgan fingerprint density at radius 3 is 2.60 bits per heavy atom. The number of amides is 1. The van der Waals surface area contributed by atoms with E-state index < -0.39 is 36.8 Å². The van der Waals surface area contributed by atoms with E-state index in [1.165, 1.54) is 26.3 Å². The van der Waals surface area contributed by atoms with Crippen molar-refractivity contribution in [3.05, 3.63) is 48.3 Å². The van der Waals surface area contributed by atoms with Gasteiger partial charge in [-0.05, 0) is 38.3 Å². The van der Waals surface area contributed by atoms with Gasteiger partial charge in [0.05, 0.1) is 7.11 Å². The molecule has 1 saturated heterocycles. The zero-order valence-corrected chi connectivity index (χ0v) is 20.0. The van der Waals surface area contributed by atoms with E-state index in [9.17, 15) is 14.4 Å². The summed E-state index contributed by atoms with van der Waals surface area (Å²) in [7, 11) is 1.40. The van der Waals surface area contributed by atoms with Crippen molar-refractivity contribution in [3.63, 3.8) is 0 Å². The minimum atomic E-state index is -0.880. The predicted octanol–water partition coefficient (Wildman–Crippen LogP) is 3.04. The van der Waals surface area contributed by atoms with Crippen LogP contribution in [0.25, 0.3) is 0 Å². The predicted molar refractivity (Wildman–Crippen MR) is 124 cm³/mol. The maximum atomic E-state index is 13.1. The SMILES string of the molecule is COc1ccnc(C(=O)N[C@H]2CCCC[C@@H](Oc3ccccc3)[C@H](C)OC2=O)c1OCOC(C)=O. The van der Waals surface area contributed by atoms with E-state index in [-0.39, 0.29) is 23.3 Å². The van der Waals surface area contributed by atoms with Crippen molar-refractivity contribution < 1.29 is 38.1 Å². The highest BCUT2D eigenvalue weighted by Crippen LogP contribution is 2.30. The Morgan fingerprint density at radius 1 is 1.14 bits per heavy atom. The number of cyclic esters (lactones) is 1. The fourth-order valence-corrected chi connectivity index (χ4v) is 3.64. The summed E-state index contributed by atoms with van der Waals surface area (Å²) in [6.45, 7) is 2.58. The molecule has 1 amide bonds. The first-order valence-corrected chi connectivity index (χ1v) is 11.4. The summed E-state index contributed by atoms with van der Waals surface area (Å²) >= 11 is 0. The van der Waals surface area contributed by atoms with Crippen molar-refractivity contribution in [2.24, 2.45) is 0 Å². The number of nitrogens with one attached hydrogen (secondary N) is 1. The number of nitrogens with zero attached hydrogens (tertiary/aromatic N) is 1. The molecule has 3 rings (SSSR count). The normalized spacial score (nSPS) is 20.3. The molecule has 0 bridgehead atoms. The molecule has 2 aromatic rings. The molecule has 1 aliphatic heterocycles. The zero-order chi connectivity index (χ0) is 25.2. The third-order valence-electron chi connectivity index (χ3n) is 5.45. The average molecular weight is 487 g/mol. The fraction of sp³-hybridized carbons (Fsp3) is 0.440. The standard InChI is InChI=1S/C25H30N2O8/c1-16-20(35-18-9-5-4-6-10-18)12-8-7-11-19(25(30)34-16)27-24(29)22-23(33-15-32-17(2)28)21(31-3)13-14-26-22/h4-6,9-10,13-14,16,19-20H,7-8,11-12,15H2,1-3H3,(H,27,29)/t16-,19-,20+/m0/s1. The molecule has 188 valence electrons. The monoisotopic (exact) mass is 486 g/mol. The molecule has 35 heavy (non-hydrogen) atoms. The number of hydrogen-bond donors (Lipinski definition) is 1. The first-order chi connectivity index (χ1) is 16.9. The van der Waals surface area contributed by atoms with Crippen LogP contribution in [0.2, 0.25) is 0 Å². The minimum Gasteiger partial charge on any atom is -0.493 e. The number of hydrogen-bond acceptors (Lipinski definition) is 9. The smallest absolute Gasteiger partial charge is 0.329 e. The number of pyridine rings is 1. The lowest BCUT2D eigenvalue weighted by Gasteiger charge is -2.25. The van der Waals surface area contributed by atoms with E-state index in [0.717, 1.165) is 6.42 Å². The molecule has 1 aromatic carbocycles. The molecule has 1 fully saturated rings. The highest BCUT2D eigenvalue weighted by molar-refractivity contribution is 5.98. The number of esters is 2. The van der Waals surface area contributed by atoms with Crippen LogP contribution in [0, 0.1) is 0 Å². The summed E-state index contributed by atoms with van der Waals surface area (Å²) in [6, 6.07) is 9.99. The molecule has 10 heteroatoms. The lowest BCUT2D eigenvalue weighted by Crippen LogP contribution is -2.44. The zero-order valence-electron chi connectivity index (χ0n) is 20.0. The molecule has 0 radical (unpaired) electrons. The molecule has 2 heterocycles. The second kappa shape index (κ2) is 12.6. The number of rotatable bonds is 8. The molecule has 0 saturated carbocycles. The van der Waals surface area contributed by atoms with Gasteiger partial charge in [-0.3, -0.25) is 9.59 Å². The number of carbonyl (C=O) groups excluding carboxylic acids is 3. The maximum absolute atomic E-state index is 13.1. The molecule has 1 aromatic heterocycles. The summed E-state index contributed by atoms with van der Waals surface area (Å²) in [6.07, 6.45) is 3.12. The van der Waals surface area contributed by atoms with Crippen molar-refractivity contribution in [2.45, 2.75) is 57.8 Å². The topological polar surface area (TPSA) is 122 Å². The largest absolute Gasteiger partial charge is 0.493 e. The van der Waals surface area contributed by atoms with Crippen LogP contribution in [0.4, 0.5) is 0 Å². The van der Waals surface area contributed by atoms with Crippen molar-refractivity contribution >= 4 is 17.8 Å². The van der Waals surface area contributed by atoms with Crippen LogP contribution in [-0.4, -0.2) is 55.0 Å². The molecule has 0 spiro atoms. The first kappa shape index (κ1) is 25.8. The number of benzene rings is 1. The molecule has 10 nitrogen and oxygen atoms in total. The molecule has 0 unspecified atom stereocenters. The molecule has 3 atom stereocenters. The highest BCUT2D eigenvalue weighted by atomic mass is 16.7. The summed E-state index contributed by atoms with van der Waals surface area (Å²) < 4.78 is 27.2. The number of ether oxygens (including phenoxy) is 5. The Labute approximate surface area is 203 Å². The van der Waals surface area contributed by atoms with Gasteiger partial charge in [0.25, 0.3) is 5.91 Å². The third kappa shape index (κ3) is 7.33. The van der Waals surface area contributed by atoms with Gasteiger partial charge >= 0.3 is 11.9 Å². The highest BCUT2D eigenvalue weighted by Gasteiger charge is 2.31. The second-order valence-electron chi connectivity index (χ2n) is 8.01. The van der Waals surface area contributed by atoms with E-state index in [1.807, 2.05) is 30.3 Å². The van der Waals surface area contributed by atoms with Gasteiger partial charge in [0, 0.05) is 19.2 Å². The van der Waals surface area contributed by atoms with Crippen molar-refractivity contribution in [1.29, 1.82) is 0 Å². The number of aromatic nitrogens is 1. The van der Waals surface area contributed by atoms with Crippen LogP contribution in [-0.2, 0) is 19.1 Å². The van der Waals surface area contributed by atoms with Gasteiger partial charge < -0.3 is 29.0 Å². The lowest BCUT2D eigenvalue weighted by atomic mass is 10.0. The first-order valence-electron chi connectivity index (χ1n) is 11.4.